The van der Waals surface area contributed by atoms with Gasteiger partial charge in [-0.1, -0.05) is 190 Å². The van der Waals surface area contributed by atoms with E-state index in [1.807, 2.05) is 60.7 Å². The first kappa shape index (κ1) is 48.1. The molecule has 0 saturated heterocycles. The molecule has 0 amide bonds. The molecule has 0 saturated carbocycles. The molecule has 55 heavy (non-hydrogen) atoms. The van der Waals surface area contributed by atoms with Crippen LogP contribution in [0.25, 0.3) is 0 Å². The lowest BCUT2D eigenvalue weighted by atomic mass is 10.0. The van der Waals surface area contributed by atoms with E-state index in [1.54, 1.807) is 28.4 Å². The fourth-order valence-corrected chi connectivity index (χ4v) is 7.10. The number of unbranched alkanes of at least 4 members (excludes halogenated alkanes) is 18. The summed E-state index contributed by atoms with van der Waals surface area (Å²) in [7, 11) is 6.79. The molecule has 0 spiro atoms. The normalized spacial score (nSPS) is 13.5. The number of methoxy groups -OCH3 is 4. The van der Waals surface area contributed by atoms with Gasteiger partial charge in [-0.25, -0.2) is 0 Å². The Kier molecular flexibility index (Phi) is 29.0. The highest BCUT2D eigenvalue weighted by Crippen LogP contribution is 2.33. The van der Waals surface area contributed by atoms with Gasteiger partial charge in [0, 0.05) is 12.8 Å². The fourth-order valence-electron chi connectivity index (χ4n) is 7.10. The van der Waals surface area contributed by atoms with Crippen molar-refractivity contribution in [2.24, 2.45) is 0 Å². The Hall–Kier alpha value is -3.00. The number of hydrogen-bond donors (Lipinski definition) is 0. The van der Waals surface area contributed by atoms with Crippen molar-refractivity contribution in [2.75, 3.05) is 42.0 Å². The van der Waals surface area contributed by atoms with Crippen LogP contribution in [0, 0.1) is 0 Å². The zero-order chi connectivity index (χ0) is 39.6. The number of rotatable bonds is 36. The maximum atomic E-state index is 6.39. The van der Waals surface area contributed by atoms with E-state index in [9.17, 15) is 0 Å². The largest absolute Gasteiger partial charge is 0.497 e. The van der Waals surface area contributed by atoms with Crippen molar-refractivity contribution >= 4 is 0 Å². The Morgan fingerprint density at radius 3 is 1.00 bits per heavy atom. The molecule has 2 aromatic carbocycles. The molecule has 0 radical (unpaired) electrons. The summed E-state index contributed by atoms with van der Waals surface area (Å²) in [6, 6.07) is 20.2. The number of hydrogen-bond acceptors (Lipinski definition) is 7. The van der Waals surface area contributed by atoms with Crippen molar-refractivity contribution in [3.63, 3.8) is 0 Å². The minimum absolute atomic E-state index is 0.00898. The van der Waals surface area contributed by atoms with Crippen LogP contribution in [0.2, 0.25) is 0 Å². The molecule has 0 N–H and O–H groups in total. The summed E-state index contributed by atoms with van der Waals surface area (Å²) in [5.74, 6) is 2.94. The predicted molar refractivity (Wildman–Crippen MR) is 226 cm³/mol. The van der Waals surface area contributed by atoms with Gasteiger partial charge in [-0.3, -0.25) is 0 Å². The molecule has 7 nitrogen and oxygen atoms in total. The van der Waals surface area contributed by atoms with Gasteiger partial charge in [0.05, 0.1) is 28.4 Å². The van der Waals surface area contributed by atoms with Gasteiger partial charge in [-0.2, -0.15) is 0 Å². The highest BCUT2D eigenvalue weighted by molar-refractivity contribution is 5.26. The molecule has 2 aromatic rings. The minimum Gasteiger partial charge on any atom is -0.497 e. The van der Waals surface area contributed by atoms with Crippen molar-refractivity contribution < 1.29 is 33.2 Å². The lowest BCUT2D eigenvalue weighted by Gasteiger charge is -2.25. The molecule has 0 aliphatic carbocycles. The van der Waals surface area contributed by atoms with Crippen molar-refractivity contribution in [1.82, 2.24) is 0 Å². The van der Waals surface area contributed by atoms with Crippen LogP contribution in [0.4, 0.5) is 0 Å². The minimum atomic E-state index is -0.496. The first-order chi connectivity index (χ1) is 27.1. The maximum Gasteiger partial charge on any atom is 0.166 e. The van der Waals surface area contributed by atoms with E-state index in [0.717, 1.165) is 48.3 Å². The number of allylic oxidation sites excluding steroid dienone is 2. The van der Waals surface area contributed by atoms with Crippen LogP contribution in [-0.2, 0) is 33.2 Å². The Bertz CT molecular complexity index is 1130. The van der Waals surface area contributed by atoms with Crippen LogP contribution in [0.15, 0.2) is 83.7 Å². The molecule has 2 unspecified atom stereocenters. The molecule has 0 aromatic heterocycles. The lowest BCUT2D eigenvalue weighted by molar-refractivity contribution is -0.166. The highest BCUT2D eigenvalue weighted by Gasteiger charge is 2.25. The summed E-state index contributed by atoms with van der Waals surface area (Å²) < 4.78 is 42.6. The molecule has 0 bridgehead atoms. The topological polar surface area (TPSA) is 64.6 Å². The molecule has 312 valence electrons. The van der Waals surface area contributed by atoms with Gasteiger partial charge in [0.2, 0.25) is 0 Å². The monoisotopic (exact) mass is 767 g/mol. The van der Waals surface area contributed by atoms with Crippen LogP contribution < -0.4 is 0 Å². The quantitative estimate of drug-likeness (QED) is 0.0389. The van der Waals surface area contributed by atoms with Crippen LogP contribution in [-0.4, -0.2) is 42.0 Å². The summed E-state index contributed by atoms with van der Waals surface area (Å²) >= 11 is 0. The molecule has 2 atom stereocenters. The van der Waals surface area contributed by atoms with Gasteiger partial charge in [-0.15, -0.1) is 0 Å². The summed E-state index contributed by atoms with van der Waals surface area (Å²) in [6.45, 7) is 4.52. The van der Waals surface area contributed by atoms with Crippen LogP contribution in [0.5, 0.6) is 0 Å². The van der Waals surface area contributed by atoms with Crippen molar-refractivity contribution in [3.8, 4) is 0 Å². The predicted octanol–water partition coefficient (Wildman–Crippen LogP) is 14.1. The Morgan fingerprint density at radius 1 is 0.400 bits per heavy atom. The van der Waals surface area contributed by atoms with E-state index in [1.165, 1.54) is 116 Å². The average molecular weight is 767 g/mol. The van der Waals surface area contributed by atoms with E-state index in [0.29, 0.717) is 11.5 Å². The van der Waals surface area contributed by atoms with Crippen LogP contribution in [0.3, 0.4) is 0 Å². The first-order valence-electron chi connectivity index (χ1n) is 21.7. The Balaban J connectivity index is 2.00. The number of benzene rings is 2. The molecule has 0 aliphatic heterocycles. The van der Waals surface area contributed by atoms with E-state index in [4.69, 9.17) is 33.2 Å². The summed E-state index contributed by atoms with van der Waals surface area (Å²) in [5.41, 5.74) is 1.93. The number of ether oxygens (including phenoxy) is 7. The second-order valence-electron chi connectivity index (χ2n) is 14.6. The molecule has 0 aliphatic rings. The molecule has 7 heteroatoms. The van der Waals surface area contributed by atoms with Gasteiger partial charge in [0.1, 0.15) is 23.7 Å². The third-order valence-corrected chi connectivity index (χ3v) is 10.3. The Labute approximate surface area is 336 Å². The standard InChI is InChI=1S/C48H78O7/c1-7-9-11-13-15-17-19-21-23-31-37-43(49-3)47(51-5)45(41-33-27-25-28-34-41)54-39-53-40-55-46(42-35-29-26-30-36-42)48(52-6)44(50-4)38-32-24-22-20-18-16-14-12-10-8-2/h25-30,33-36,45-46H,7-24,31-32,37-40H2,1-6H3. The van der Waals surface area contributed by atoms with Gasteiger partial charge in [0.15, 0.2) is 25.1 Å². The SMILES string of the molecule is CCCCCCCCCCCCC(OC)=C(OC)C(OCOCOC(C(OC)=C(CCCCCCCCCCCC)OC)c1ccccc1)c1ccccc1. The van der Waals surface area contributed by atoms with E-state index >= 15 is 0 Å². The maximum absolute atomic E-state index is 6.39. The third kappa shape index (κ3) is 20.7. The fraction of sp³-hybridized carbons (Fsp3) is 0.667. The molecular weight excluding hydrogens is 689 g/mol. The smallest absolute Gasteiger partial charge is 0.166 e. The molecule has 2 rings (SSSR count). The Morgan fingerprint density at radius 2 is 0.709 bits per heavy atom. The zero-order valence-corrected chi connectivity index (χ0v) is 35.8. The van der Waals surface area contributed by atoms with Gasteiger partial charge in [-0.05, 0) is 24.0 Å². The molecule has 0 heterocycles. The third-order valence-electron chi connectivity index (χ3n) is 10.3. The second-order valence-corrected chi connectivity index (χ2v) is 14.6. The van der Waals surface area contributed by atoms with Gasteiger partial charge >= 0.3 is 0 Å². The summed E-state index contributed by atoms with van der Waals surface area (Å²) in [5, 5.41) is 0. The molecular formula is C48H78O7. The highest BCUT2D eigenvalue weighted by atomic mass is 16.7. The van der Waals surface area contributed by atoms with E-state index in [-0.39, 0.29) is 13.6 Å². The van der Waals surface area contributed by atoms with E-state index in [2.05, 4.69) is 13.8 Å². The van der Waals surface area contributed by atoms with E-state index < -0.39 is 12.2 Å². The van der Waals surface area contributed by atoms with Crippen LogP contribution in [0.1, 0.15) is 178 Å². The van der Waals surface area contributed by atoms with Crippen molar-refractivity contribution in [1.29, 1.82) is 0 Å². The lowest BCUT2D eigenvalue weighted by Crippen LogP contribution is -2.17. The molecule has 0 fully saturated rings. The zero-order valence-electron chi connectivity index (χ0n) is 35.8. The van der Waals surface area contributed by atoms with Crippen molar-refractivity contribution in [2.45, 2.75) is 167 Å². The summed E-state index contributed by atoms with van der Waals surface area (Å²) in [4.78, 5) is 0. The second kappa shape index (κ2) is 33.2. The first-order valence-corrected chi connectivity index (χ1v) is 21.7. The van der Waals surface area contributed by atoms with Gasteiger partial charge in [0.25, 0.3) is 0 Å². The van der Waals surface area contributed by atoms with Crippen molar-refractivity contribution in [3.05, 3.63) is 94.8 Å². The average Bonchev–Trinajstić information content (AvgIpc) is 3.22. The van der Waals surface area contributed by atoms with Crippen LogP contribution >= 0.6 is 0 Å². The van der Waals surface area contributed by atoms with Gasteiger partial charge < -0.3 is 33.2 Å². The summed E-state index contributed by atoms with van der Waals surface area (Å²) in [6.07, 6.45) is 26.2.